The van der Waals surface area contributed by atoms with Gasteiger partial charge in [-0.25, -0.2) is 14.4 Å². The number of halogens is 1. The molecule has 1 aromatic heterocycles. The molecule has 6 rings (SSSR count). The number of aromatic nitrogens is 2. The first-order valence-electron chi connectivity index (χ1n) is 22.2. The lowest BCUT2D eigenvalue weighted by Crippen LogP contribution is -2.69. The molecular weight excluding hydrogens is 830 g/mol. The number of carbonyl (C=O) groups is 1. The number of anilines is 1. The Hall–Kier alpha value is -5.53. The minimum atomic E-state index is -3.25. The fraction of sp³-hybridized carbons (Fsp3) is 0.315. The fourth-order valence-corrected chi connectivity index (χ4v) is 18.3. The Kier molecular flexibility index (Phi) is 15.1. The summed E-state index contributed by atoms with van der Waals surface area (Å²) in [5.41, 5.74) is 3.01. The monoisotopic (exact) mass is 893 g/mol. The van der Waals surface area contributed by atoms with Crippen molar-refractivity contribution in [3.63, 3.8) is 0 Å². The van der Waals surface area contributed by atoms with Gasteiger partial charge in [-0.1, -0.05) is 189 Å². The number of rotatable bonds is 17. The number of benzene rings is 5. The number of carboxylic acids is 1. The van der Waals surface area contributed by atoms with Gasteiger partial charge in [0, 0.05) is 31.6 Å². The van der Waals surface area contributed by atoms with Crippen molar-refractivity contribution in [3.05, 3.63) is 169 Å². The largest absolute Gasteiger partial charge is 0.481 e. The van der Waals surface area contributed by atoms with Crippen molar-refractivity contribution in [2.45, 2.75) is 96.4 Å². The summed E-state index contributed by atoms with van der Waals surface area (Å²) in [4.78, 5) is 25.1. The van der Waals surface area contributed by atoms with Crippen LogP contribution < -0.4 is 25.6 Å². The van der Waals surface area contributed by atoms with Crippen LogP contribution in [0.4, 0.5) is 10.3 Å². The van der Waals surface area contributed by atoms with E-state index in [1.807, 2.05) is 73.6 Å². The van der Waals surface area contributed by atoms with Gasteiger partial charge in [0.25, 0.3) is 16.6 Å². The third kappa shape index (κ3) is 10.4. The topological polar surface area (TPSA) is 84.8 Å². The minimum Gasteiger partial charge on any atom is -0.481 e. The summed E-state index contributed by atoms with van der Waals surface area (Å²) in [7, 11) is -2.67. The van der Waals surface area contributed by atoms with E-state index < -0.39 is 39.9 Å². The second kappa shape index (κ2) is 20.1. The second-order valence-corrected chi connectivity index (χ2v) is 27.6. The molecule has 64 heavy (non-hydrogen) atoms. The van der Waals surface area contributed by atoms with Gasteiger partial charge in [-0.2, -0.15) is 0 Å². The van der Waals surface area contributed by atoms with Gasteiger partial charge in [-0.3, -0.25) is 4.79 Å². The van der Waals surface area contributed by atoms with Gasteiger partial charge in [0.1, 0.15) is 5.82 Å². The Morgan fingerprint density at radius 3 is 1.47 bits per heavy atom. The summed E-state index contributed by atoms with van der Waals surface area (Å²) in [6, 6.07) is 48.0. The summed E-state index contributed by atoms with van der Waals surface area (Å²) in [6.07, 6.45) is 2.66. The zero-order chi connectivity index (χ0) is 46.3. The van der Waals surface area contributed by atoms with Crippen LogP contribution in [0.15, 0.2) is 152 Å². The molecule has 0 fully saturated rings. The maximum atomic E-state index is 14.4. The van der Waals surface area contributed by atoms with Crippen LogP contribution >= 0.6 is 0 Å². The van der Waals surface area contributed by atoms with Gasteiger partial charge in [-0.15, -0.1) is 0 Å². The molecule has 10 heteroatoms. The van der Waals surface area contributed by atoms with Crippen molar-refractivity contribution < 1.29 is 23.1 Å². The smallest absolute Gasteiger partial charge is 0.305 e. The summed E-state index contributed by atoms with van der Waals surface area (Å²) in [5, 5.41) is 14.3. The van der Waals surface area contributed by atoms with E-state index >= 15 is 0 Å². The number of carboxylic acid groups (broad SMARTS) is 1. The highest BCUT2D eigenvalue weighted by Gasteiger charge is 2.54. The molecule has 2 atom stereocenters. The Morgan fingerprint density at radius 1 is 0.672 bits per heavy atom. The quantitative estimate of drug-likeness (QED) is 0.0913. The molecule has 1 heterocycles. The summed E-state index contributed by atoms with van der Waals surface area (Å²) in [6.45, 7) is 17.5. The Labute approximate surface area is 382 Å². The maximum absolute atomic E-state index is 14.4. The number of aliphatic carboxylic acids is 1. The fourth-order valence-electron chi connectivity index (χ4n) is 8.96. The van der Waals surface area contributed by atoms with Crippen molar-refractivity contribution in [2.24, 2.45) is 0 Å². The highest BCUT2D eigenvalue weighted by atomic mass is 28.4. The molecule has 0 bridgehead atoms. The van der Waals surface area contributed by atoms with Crippen LogP contribution in [-0.4, -0.2) is 64.0 Å². The van der Waals surface area contributed by atoms with E-state index in [0.717, 1.165) is 37.6 Å². The van der Waals surface area contributed by atoms with Crippen molar-refractivity contribution >= 4 is 55.4 Å². The number of hydrogen-bond donors (Lipinski definition) is 1. The second-order valence-electron chi connectivity index (χ2n) is 19.1. The predicted molar refractivity (Wildman–Crippen MR) is 267 cm³/mol. The summed E-state index contributed by atoms with van der Waals surface area (Å²) >= 11 is 0. The Morgan fingerprint density at radius 2 is 1.09 bits per heavy atom. The minimum absolute atomic E-state index is 0.00478. The van der Waals surface area contributed by atoms with E-state index in [1.54, 1.807) is 12.1 Å². The highest BCUT2D eigenvalue weighted by Crippen LogP contribution is 2.41. The SMILES string of the molecule is CC(C)c1nc(N(C)C)nc(-c2ccc(F)cc2)c1C=C[C@H](C[C@H](CC(=O)O)O[Si](c1ccccc1)(c1ccccc1)C(C)(C)C)O[Si](c1ccccc1)(c1ccccc1)C(C)(C)C. The molecule has 1 N–H and O–H groups in total. The van der Waals surface area contributed by atoms with Crippen LogP contribution in [0, 0.1) is 5.82 Å². The Bertz CT molecular complexity index is 2390. The van der Waals surface area contributed by atoms with Crippen molar-refractivity contribution in [1.29, 1.82) is 0 Å². The van der Waals surface area contributed by atoms with Gasteiger partial charge in [0.2, 0.25) is 5.95 Å². The van der Waals surface area contributed by atoms with Crippen molar-refractivity contribution in [2.75, 3.05) is 19.0 Å². The van der Waals surface area contributed by atoms with Gasteiger partial charge >= 0.3 is 5.97 Å². The molecule has 0 aliphatic rings. The molecule has 0 aliphatic carbocycles. The zero-order valence-electron chi connectivity index (χ0n) is 39.0. The molecule has 0 saturated heterocycles. The van der Waals surface area contributed by atoms with E-state index in [1.165, 1.54) is 12.1 Å². The van der Waals surface area contributed by atoms with Crippen molar-refractivity contribution in [1.82, 2.24) is 9.97 Å². The van der Waals surface area contributed by atoms with E-state index in [4.69, 9.17) is 18.8 Å². The number of nitrogens with zero attached hydrogens (tertiary/aromatic N) is 3. The average Bonchev–Trinajstić information content (AvgIpc) is 3.26. The van der Waals surface area contributed by atoms with E-state index in [2.05, 4.69) is 134 Å². The molecule has 0 amide bonds. The van der Waals surface area contributed by atoms with Crippen LogP contribution in [0.1, 0.15) is 85.4 Å². The third-order valence-corrected chi connectivity index (χ3v) is 22.1. The lowest BCUT2D eigenvalue weighted by molar-refractivity contribution is -0.139. The first kappa shape index (κ1) is 47.9. The van der Waals surface area contributed by atoms with Gasteiger partial charge in [-0.05, 0) is 61.0 Å². The van der Waals surface area contributed by atoms with E-state index in [0.29, 0.717) is 11.6 Å². The van der Waals surface area contributed by atoms with Crippen molar-refractivity contribution in [3.8, 4) is 11.3 Å². The zero-order valence-corrected chi connectivity index (χ0v) is 41.0. The van der Waals surface area contributed by atoms with Crippen LogP contribution in [0.3, 0.4) is 0 Å². The van der Waals surface area contributed by atoms with Crippen LogP contribution in [-0.2, 0) is 13.6 Å². The molecule has 0 unspecified atom stereocenters. The summed E-state index contributed by atoms with van der Waals surface area (Å²) < 4.78 is 30.0. The Balaban J connectivity index is 1.63. The molecule has 5 aromatic carbocycles. The highest BCUT2D eigenvalue weighted by molar-refractivity contribution is 7.00. The number of hydrogen-bond acceptors (Lipinski definition) is 6. The van der Waals surface area contributed by atoms with Crippen LogP contribution in [0.5, 0.6) is 0 Å². The standard InChI is InChI=1S/C54H64FN3O4Si2/c1-39(2)50-48(51(57-52(56-50)58(9)10)40-31-33-41(55)34-32-40)36-35-42(61-63(53(3,4)5,44-23-15-11-16-24-44)45-25-17-12-18-26-45)37-43(38-49(59)60)62-64(54(6,7)8,46-27-19-13-20-28-46)47-29-21-14-22-30-47/h11-36,39,42-43H,37-38H2,1-10H3,(H,59,60)/t42-,43-/m1/s1. The molecule has 0 saturated carbocycles. The first-order chi connectivity index (χ1) is 30.4. The molecule has 0 aliphatic heterocycles. The first-order valence-corrected chi connectivity index (χ1v) is 26.0. The van der Waals surface area contributed by atoms with E-state index in [-0.39, 0.29) is 29.6 Å². The van der Waals surface area contributed by atoms with Gasteiger partial charge < -0.3 is 18.9 Å². The molecule has 0 spiro atoms. The average molecular weight is 894 g/mol. The van der Waals surface area contributed by atoms with Crippen LogP contribution in [0.2, 0.25) is 10.1 Å². The van der Waals surface area contributed by atoms with Crippen LogP contribution in [0.25, 0.3) is 17.3 Å². The molecule has 6 aromatic rings. The maximum Gasteiger partial charge on any atom is 0.305 e. The van der Waals surface area contributed by atoms with E-state index in [9.17, 15) is 14.3 Å². The lowest BCUT2D eigenvalue weighted by atomic mass is 9.97. The normalized spacial score (nSPS) is 13.6. The molecular formula is C54H64FN3O4Si2. The van der Waals surface area contributed by atoms with Gasteiger partial charge in [0.15, 0.2) is 0 Å². The molecule has 7 nitrogen and oxygen atoms in total. The predicted octanol–water partition coefficient (Wildman–Crippen LogP) is 10.2. The molecule has 0 radical (unpaired) electrons. The molecule has 334 valence electrons. The van der Waals surface area contributed by atoms with Gasteiger partial charge in [0.05, 0.1) is 30.0 Å². The lowest BCUT2D eigenvalue weighted by Gasteiger charge is -2.47. The summed E-state index contributed by atoms with van der Waals surface area (Å²) in [5.74, 6) is -0.754. The third-order valence-electron chi connectivity index (χ3n) is 11.9.